The second-order valence-corrected chi connectivity index (χ2v) is 5.10. The van der Waals surface area contributed by atoms with Gasteiger partial charge in [-0.1, -0.05) is 25.4 Å². The summed E-state index contributed by atoms with van der Waals surface area (Å²) < 4.78 is 0. The third-order valence-electron chi connectivity index (χ3n) is 2.02. The predicted molar refractivity (Wildman–Crippen MR) is 62.2 cm³/mol. The number of hydrogen-bond donors (Lipinski definition) is 0. The number of ketones is 1. The first-order chi connectivity index (χ1) is 7.06. The molecule has 0 aromatic carbocycles. The van der Waals surface area contributed by atoms with Crippen LogP contribution in [0.5, 0.6) is 0 Å². The highest BCUT2D eigenvalue weighted by Crippen LogP contribution is 2.27. The van der Waals surface area contributed by atoms with Crippen LogP contribution < -0.4 is 0 Å². The highest BCUT2D eigenvalue weighted by Gasteiger charge is 2.23. The van der Waals surface area contributed by atoms with E-state index < -0.39 is 5.92 Å². The van der Waals surface area contributed by atoms with Crippen molar-refractivity contribution in [2.75, 3.05) is 0 Å². The van der Waals surface area contributed by atoms with Crippen molar-refractivity contribution in [1.29, 1.82) is 5.26 Å². The molecule has 0 saturated carbocycles. The minimum Gasteiger partial charge on any atom is -0.292 e. The quantitative estimate of drug-likeness (QED) is 0.753. The molecule has 2 nitrogen and oxygen atoms in total. The van der Waals surface area contributed by atoms with Crippen molar-refractivity contribution in [3.8, 4) is 6.07 Å². The average molecular weight is 242 g/mol. The van der Waals surface area contributed by atoms with Gasteiger partial charge in [0.15, 0.2) is 5.78 Å². The van der Waals surface area contributed by atoms with Gasteiger partial charge < -0.3 is 0 Å². The van der Waals surface area contributed by atoms with E-state index in [9.17, 15) is 4.79 Å². The zero-order valence-corrected chi connectivity index (χ0v) is 10.2. The van der Waals surface area contributed by atoms with E-state index in [-0.39, 0.29) is 5.78 Å². The Labute approximate surface area is 98.5 Å². The predicted octanol–water partition coefficient (Wildman–Crippen LogP) is 3.77. The van der Waals surface area contributed by atoms with E-state index in [1.54, 1.807) is 11.4 Å². The Bertz CT molecular complexity index is 392. The van der Waals surface area contributed by atoms with Gasteiger partial charge >= 0.3 is 0 Å². The molecule has 1 unspecified atom stereocenters. The Hall–Kier alpha value is -0.850. The maximum Gasteiger partial charge on any atom is 0.191 e. The molecule has 4 heteroatoms. The Morgan fingerprint density at radius 3 is 2.73 bits per heavy atom. The largest absolute Gasteiger partial charge is 0.292 e. The van der Waals surface area contributed by atoms with E-state index in [0.717, 1.165) is 0 Å². The number of nitriles is 1. The van der Waals surface area contributed by atoms with E-state index in [0.29, 0.717) is 22.2 Å². The van der Waals surface area contributed by atoms with Crippen LogP contribution in [0.2, 0.25) is 5.02 Å². The van der Waals surface area contributed by atoms with Crippen molar-refractivity contribution in [2.24, 2.45) is 11.8 Å². The Balaban J connectivity index is 2.84. The first-order valence-corrected chi connectivity index (χ1v) is 5.98. The Morgan fingerprint density at radius 1 is 1.67 bits per heavy atom. The molecule has 0 amide bonds. The van der Waals surface area contributed by atoms with Gasteiger partial charge in [0.2, 0.25) is 0 Å². The lowest BCUT2D eigenvalue weighted by atomic mass is 9.94. The molecule has 0 N–H and O–H groups in total. The molecule has 0 radical (unpaired) electrons. The van der Waals surface area contributed by atoms with Gasteiger partial charge in [0.05, 0.1) is 16.0 Å². The van der Waals surface area contributed by atoms with Crippen LogP contribution in [0.15, 0.2) is 11.4 Å². The third kappa shape index (κ3) is 3.05. The average Bonchev–Trinajstić information content (AvgIpc) is 2.59. The molecule has 0 saturated heterocycles. The van der Waals surface area contributed by atoms with E-state index in [1.807, 2.05) is 19.9 Å². The van der Waals surface area contributed by atoms with Gasteiger partial charge in [-0.25, -0.2) is 0 Å². The van der Waals surface area contributed by atoms with Crippen molar-refractivity contribution in [1.82, 2.24) is 0 Å². The fraction of sp³-hybridized carbons (Fsp3) is 0.455. The molecule has 80 valence electrons. The minimum absolute atomic E-state index is 0.147. The number of nitrogens with zero attached hydrogens (tertiary/aromatic N) is 1. The fourth-order valence-electron chi connectivity index (χ4n) is 1.32. The van der Waals surface area contributed by atoms with Crippen molar-refractivity contribution < 1.29 is 4.79 Å². The van der Waals surface area contributed by atoms with Crippen LogP contribution in [0, 0.1) is 23.2 Å². The SMILES string of the molecule is CC(C)CC(C#N)C(=O)c1sccc1Cl. The maximum absolute atomic E-state index is 11.9. The standard InChI is InChI=1S/C11H12ClNOS/c1-7(2)5-8(6-13)10(14)11-9(12)3-4-15-11/h3-4,7-8H,5H2,1-2H3. The molecule has 1 atom stereocenters. The van der Waals surface area contributed by atoms with Gasteiger partial charge in [-0.15, -0.1) is 11.3 Å². The molecule has 0 bridgehead atoms. The highest BCUT2D eigenvalue weighted by molar-refractivity contribution is 7.12. The molecule has 0 aliphatic rings. The van der Waals surface area contributed by atoms with E-state index in [1.165, 1.54) is 11.3 Å². The lowest BCUT2D eigenvalue weighted by Gasteiger charge is -2.09. The van der Waals surface area contributed by atoms with Crippen LogP contribution in [0.25, 0.3) is 0 Å². The molecule has 15 heavy (non-hydrogen) atoms. The molecule has 0 aliphatic heterocycles. The summed E-state index contributed by atoms with van der Waals surface area (Å²) in [7, 11) is 0. The summed E-state index contributed by atoms with van der Waals surface area (Å²) in [6, 6.07) is 3.73. The Kier molecular flexibility index (Phi) is 4.31. The number of halogens is 1. The number of rotatable bonds is 4. The number of carbonyl (C=O) groups excluding carboxylic acids is 1. The number of thiophene rings is 1. The Morgan fingerprint density at radius 2 is 2.33 bits per heavy atom. The lowest BCUT2D eigenvalue weighted by molar-refractivity contribution is 0.0941. The summed E-state index contributed by atoms with van der Waals surface area (Å²) in [5.41, 5.74) is 0. The molecule has 0 aliphatic carbocycles. The number of Topliss-reactive ketones (excluding diaryl/α,β-unsaturated/α-hetero) is 1. The zero-order chi connectivity index (χ0) is 11.4. The first-order valence-electron chi connectivity index (χ1n) is 4.73. The minimum atomic E-state index is -0.568. The van der Waals surface area contributed by atoms with Crippen molar-refractivity contribution >= 4 is 28.7 Å². The van der Waals surface area contributed by atoms with Crippen LogP contribution in [0.1, 0.15) is 29.9 Å². The van der Waals surface area contributed by atoms with Crippen molar-refractivity contribution in [3.63, 3.8) is 0 Å². The van der Waals surface area contributed by atoms with Crippen LogP contribution in [-0.2, 0) is 0 Å². The maximum atomic E-state index is 11.9. The molecule has 1 rings (SSSR count). The topological polar surface area (TPSA) is 40.9 Å². The molecular formula is C11H12ClNOS. The molecule has 1 heterocycles. The summed E-state index contributed by atoms with van der Waals surface area (Å²) >= 11 is 7.15. The van der Waals surface area contributed by atoms with E-state index >= 15 is 0 Å². The zero-order valence-electron chi connectivity index (χ0n) is 8.66. The van der Waals surface area contributed by atoms with Crippen LogP contribution >= 0.6 is 22.9 Å². The summed E-state index contributed by atoms with van der Waals surface area (Å²) in [4.78, 5) is 12.4. The van der Waals surface area contributed by atoms with Crippen molar-refractivity contribution in [3.05, 3.63) is 21.3 Å². The summed E-state index contributed by atoms with van der Waals surface area (Å²) in [5.74, 6) is -0.385. The molecule has 1 aromatic heterocycles. The molecule has 1 aromatic rings. The smallest absolute Gasteiger partial charge is 0.191 e. The monoisotopic (exact) mass is 241 g/mol. The van der Waals surface area contributed by atoms with Crippen molar-refractivity contribution in [2.45, 2.75) is 20.3 Å². The fourth-order valence-corrected chi connectivity index (χ4v) is 2.46. The summed E-state index contributed by atoms with van der Waals surface area (Å²) in [6.45, 7) is 3.99. The molecule has 0 fully saturated rings. The van der Waals surface area contributed by atoms with Gasteiger partial charge in [-0.2, -0.15) is 5.26 Å². The van der Waals surface area contributed by atoms with Gasteiger partial charge in [0, 0.05) is 0 Å². The normalized spacial score (nSPS) is 12.5. The second kappa shape index (κ2) is 5.29. The van der Waals surface area contributed by atoms with Gasteiger partial charge in [-0.05, 0) is 23.8 Å². The van der Waals surface area contributed by atoms with E-state index in [4.69, 9.17) is 16.9 Å². The summed E-state index contributed by atoms with van der Waals surface area (Å²) in [5, 5.41) is 11.1. The summed E-state index contributed by atoms with van der Waals surface area (Å²) in [6.07, 6.45) is 0.587. The number of hydrogen-bond acceptors (Lipinski definition) is 3. The van der Waals surface area contributed by atoms with Crippen LogP contribution in [0.3, 0.4) is 0 Å². The lowest BCUT2D eigenvalue weighted by Crippen LogP contribution is -2.14. The molecular weight excluding hydrogens is 230 g/mol. The number of carbonyl (C=O) groups is 1. The van der Waals surface area contributed by atoms with Crippen LogP contribution in [0.4, 0.5) is 0 Å². The molecule has 0 spiro atoms. The first kappa shape index (κ1) is 12.2. The van der Waals surface area contributed by atoms with E-state index in [2.05, 4.69) is 0 Å². The van der Waals surface area contributed by atoms with Gasteiger partial charge in [-0.3, -0.25) is 4.79 Å². The third-order valence-corrected chi connectivity index (χ3v) is 3.38. The van der Waals surface area contributed by atoms with Crippen LogP contribution in [-0.4, -0.2) is 5.78 Å². The van der Waals surface area contributed by atoms with Gasteiger partial charge in [0.1, 0.15) is 5.92 Å². The van der Waals surface area contributed by atoms with Gasteiger partial charge in [0.25, 0.3) is 0 Å². The second-order valence-electron chi connectivity index (χ2n) is 3.77. The highest BCUT2D eigenvalue weighted by atomic mass is 35.5.